The normalized spacial score (nSPS) is 16.1. The lowest BCUT2D eigenvalue weighted by Crippen LogP contribution is -2.33. The summed E-state index contributed by atoms with van der Waals surface area (Å²) < 4.78 is 11.4. The highest BCUT2D eigenvalue weighted by Gasteiger charge is 2.09. The summed E-state index contributed by atoms with van der Waals surface area (Å²) in [6.45, 7) is 6.88. The molecule has 0 atom stereocenters. The average molecular weight is 278 g/mol. The first-order valence-electron chi connectivity index (χ1n) is 7.66. The minimum atomic E-state index is 0.687. The monoisotopic (exact) mass is 278 g/mol. The number of benzene rings is 1. The molecule has 1 aliphatic heterocycles. The Hall–Kier alpha value is -1.42. The molecule has 20 heavy (non-hydrogen) atoms. The van der Waals surface area contributed by atoms with Crippen molar-refractivity contribution in [2.45, 2.75) is 32.6 Å². The van der Waals surface area contributed by atoms with Gasteiger partial charge in [0.1, 0.15) is 18.1 Å². The fraction of sp³-hybridized carbons (Fsp3) is 0.625. The summed E-state index contributed by atoms with van der Waals surface area (Å²) >= 11 is 0. The highest BCUT2D eigenvalue weighted by molar-refractivity contribution is 5.50. The minimum absolute atomic E-state index is 0.687. The molecule has 0 unspecified atom stereocenters. The standard InChI is InChI=1S/C16H26N2O2/c1-2-9-19-15-11-14(17)12-16(13-15)20-10-8-18-6-4-3-5-7-18/h11-13H,2-10,17H2,1H3. The number of nitrogens with two attached hydrogens (primary N) is 1. The van der Waals surface area contributed by atoms with E-state index in [-0.39, 0.29) is 0 Å². The number of rotatable bonds is 7. The van der Waals surface area contributed by atoms with E-state index < -0.39 is 0 Å². The smallest absolute Gasteiger partial charge is 0.125 e. The lowest BCUT2D eigenvalue weighted by Gasteiger charge is -2.26. The van der Waals surface area contributed by atoms with Crippen molar-refractivity contribution in [3.8, 4) is 11.5 Å². The van der Waals surface area contributed by atoms with Crippen LogP contribution < -0.4 is 15.2 Å². The minimum Gasteiger partial charge on any atom is -0.493 e. The molecular weight excluding hydrogens is 252 g/mol. The molecule has 1 aromatic rings. The second kappa shape index (κ2) is 8.00. The molecule has 0 spiro atoms. The number of nitrogen functional groups attached to an aromatic ring is 1. The van der Waals surface area contributed by atoms with E-state index in [1.54, 1.807) is 0 Å². The molecular formula is C16H26N2O2. The molecule has 0 aliphatic carbocycles. The summed E-state index contributed by atoms with van der Waals surface area (Å²) in [6.07, 6.45) is 4.98. The van der Waals surface area contributed by atoms with Gasteiger partial charge in [-0.15, -0.1) is 0 Å². The highest BCUT2D eigenvalue weighted by atomic mass is 16.5. The Balaban J connectivity index is 1.80. The number of nitrogens with zero attached hydrogens (tertiary/aromatic N) is 1. The lowest BCUT2D eigenvalue weighted by atomic mass is 10.1. The molecule has 0 aromatic heterocycles. The van der Waals surface area contributed by atoms with Gasteiger partial charge in [0.25, 0.3) is 0 Å². The maximum absolute atomic E-state index is 5.88. The molecule has 1 fully saturated rings. The molecule has 1 heterocycles. The summed E-state index contributed by atoms with van der Waals surface area (Å²) in [4.78, 5) is 2.46. The Morgan fingerprint density at radius 3 is 2.30 bits per heavy atom. The number of ether oxygens (including phenoxy) is 2. The van der Waals surface area contributed by atoms with Gasteiger partial charge in [-0.3, -0.25) is 4.90 Å². The fourth-order valence-corrected chi connectivity index (χ4v) is 2.46. The number of piperidine rings is 1. The van der Waals surface area contributed by atoms with Gasteiger partial charge < -0.3 is 15.2 Å². The van der Waals surface area contributed by atoms with Crippen LogP contribution in [0.25, 0.3) is 0 Å². The van der Waals surface area contributed by atoms with Crippen molar-refractivity contribution in [2.75, 3.05) is 38.6 Å². The van der Waals surface area contributed by atoms with Gasteiger partial charge in [-0.25, -0.2) is 0 Å². The molecule has 2 N–H and O–H groups in total. The van der Waals surface area contributed by atoms with Crippen molar-refractivity contribution in [1.29, 1.82) is 0 Å². The number of hydrogen-bond acceptors (Lipinski definition) is 4. The molecule has 0 bridgehead atoms. The zero-order valence-corrected chi connectivity index (χ0v) is 12.4. The number of likely N-dealkylation sites (tertiary alicyclic amines) is 1. The van der Waals surface area contributed by atoms with Crippen LogP contribution in [0.4, 0.5) is 5.69 Å². The van der Waals surface area contributed by atoms with Crippen LogP contribution in [0.2, 0.25) is 0 Å². The summed E-state index contributed by atoms with van der Waals surface area (Å²) in [5.41, 5.74) is 6.56. The van der Waals surface area contributed by atoms with E-state index in [9.17, 15) is 0 Å². The first kappa shape index (κ1) is 15.0. The van der Waals surface area contributed by atoms with Gasteiger partial charge in [-0.1, -0.05) is 13.3 Å². The largest absolute Gasteiger partial charge is 0.493 e. The van der Waals surface area contributed by atoms with Crippen LogP contribution in [0.5, 0.6) is 11.5 Å². The molecule has 4 nitrogen and oxygen atoms in total. The molecule has 0 amide bonds. The fourth-order valence-electron chi connectivity index (χ4n) is 2.46. The average Bonchev–Trinajstić information content (AvgIpc) is 2.46. The third kappa shape index (κ3) is 4.93. The van der Waals surface area contributed by atoms with Gasteiger partial charge in [-0.05, 0) is 32.4 Å². The summed E-state index contributed by atoms with van der Waals surface area (Å²) in [7, 11) is 0. The van der Waals surface area contributed by atoms with Crippen molar-refractivity contribution in [3.63, 3.8) is 0 Å². The molecule has 4 heteroatoms. The van der Waals surface area contributed by atoms with Crippen molar-refractivity contribution >= 4 is 5.69 Å². The lowest BCUT2D eigenvalue weighted by molar-refractivity contribution is 0.183. The van der Waals surface area contributed by atoms with Gasteiger partial charge in [0.2, 0.25) is 0 Å². The van der Waals surface area contributed by atoms with E-state index in [0.29, 0.717) is 18.9 Å². The van der Waals surface area contributed by atoms with E-state index in [1.165, 1.54) is 32.4 Å². The second-order valence-electron chi connectivity index (χ2n) is 5.34. The van der Waals surface area contributed by atoms with E-state index in [4.69, 9.17) is 15.2 Å². The first-order valence-corrected chi connectivity index (χ1v) is 7.66. The Morgan fingerprint density at radius 2 is 1.65 bits per heavy atom. The molecule has 112 valence electrons. The van der Waals surface area contributed by atoms with Crippen molar-refractivity contribution in [2.24, 2.45) is 0 Å². The second-order valence-corrected chi connectivity index (χ2v) is 5.34. The zero-order chi connectivity index (χ0) is 14.2. The quantitative estimate of drug-likeness (QED) is 0.779. The zero-order valence-electron chi connectivity index (χ0n) is 12.4. The van der Waals surface area contributed by atoms with E-state index in [1.807, 2.05) is 18.2 Å². The topological polar surface area (TPSA) is 47.7 Å². The van der Waals surface area contributed by atoms with Crippen LogP contribution in [0, 0.1) is 0 Å². The maximum atomic E-state index is 5.88. The molecule has 2 rings (SSSR count). The molecule has 0 saturated carbocycles. The summed E-state index contributed by atoms with van der Waals surface area (Å²) in [5, 5.41) is 0. The highest BCUT2D eigenvalue weighted by Crippen LogP contribution is 2.24. The van der Waals surface area contributed by atoms with Gasteiger partial charge >= 0.3 is 0 Å². The van der Waals surface area contributed by atoms with Crippen LogP contribution >= 0.6 is 0 Å². The van der Waals surface area contributed by atoms with Crippen LogP contribution in [0.15, 0.2) is 18.2 Å². The van der Waals surface area contributed by atoms with Crippen molar-refractivity contribution in [1.82, 2.24) is 4.90 Å². The predicted octanol–water partition coefficient (Wildman–Crippen LogP) is 2.92. The molecule has 0 radical (unpaired) electrons. The van der Waals surface area contributed by atoms with Crippen molar-refractivity contribution in [3.05, 3.63) is 18.2 Å². The van der Waals surface area contributed by atoms with Gasteiger partial charge in [-0.2, -0.15) is 0 Å². The number of hydrogen-bond donors (Lipinski definition) is 1. The summed E-state index contributed by atoms with van der Waals surface area (Å²) in [6, 6.07) is 5.62. The Morgan fingerprint density at radius 1 is 1.00 bits per heavy atom. The van der Waals surface area contributed by atoms with Gasteiger partial charge in [0.15, 0.2) is 0 Å². The number of anilines is 1. The van der Waals surface area contributed by atoms with Crippen LogP contribution in [-0.4, -0.2) is 37.7 Å². The Kier molecular flexibility index (Phi) is 5.99. The van der Waals surface area contributed by atoms with Crippen LogP contribution in [-0.2, 0) is 0 Å². The Labute approximate surface area is 121 Å². The van der Waals surface area contributed by atoms with E-state index in [2.05, 4.69) is 11.8 Å². The third-order valence-corrected chi connectivity index (χ3v) is 3.50. The van der Waals surface area contributed by atoms with Crippen molar-refractivity contribution < 1.29 is 9.47 Å². The van der Waals surface area contributed by atoms with Gasteiger partial charge in [0, 0.05) is 30.4 Å². The maximum Gasteiger partial charge on any atom is 0.125 e. The van der Waals surface area contributed by atoms with E-state index in [0.717, 1.165) is 24.5 Å². The molecule has 1 saturated heterocycles. The summed E-state index contributed by atoms with van der Waals surface area (Å²) in [5.74, 6) is 1.59. The first-order chi connectivity index (χ1) is 9.78. The predicted molar refractivity (Wildman–Crippen MR) is 82.4 cm³/mol. The van der Waals surface area contributed by atoms with Gasteiger partial charge in [0.05, 0.1) is 6.61 Å². The van der Waals surface area contributed by atoms with Crippen LogP contribution in [0.3, 0.4) is 0 Å². The van der Waals surface area contributed by atoms with Crippen LogP contribution in [0.1, 0.15) is 32.6 Å². The third-order valence-electron chi connectivity index (χ3n) is 3.50. The van der Waals surface area contributed by atoms with E-state index >= 15 is 0 Å². The molecule has 1 aliphatic rings. The SMILES string of the molecule is CCCOc1cc(N)cc(OCCN2CCCCC2)c1. The molecule has 1 aromatic carbocycles. The Bertz CT molecular complexity index is 403.